The number of hydrogen-bond donors (Lipinski definition) is 0. The summed E-state index contributed by atoms with van der Waals surface area (Å²) in [6, 6.07) is 0. The molecule has 46 valence electrons. The Hall–Kier alpha value is 0.530. The molecule has 1 heteroatoms. The molecular formula is C7H12Te. The van der Waals surface area contributed by atoms with E-state index in [0.717, 1.165) is 3.97 Å². The Labute approximate surface area is 61.4 Å². The third-order valence-corrected chi connectivity index (χ3v) is 4.36. The summed E-state index contributed by atoms with van der Waals surface area (Å²) >= 11 is 0.349. The van der Waals surface area contributed by atoms with Crippen LogP contribution in [0.1, 0.15) is 19.3 Å². The van der Waals surface area contributed by atoms with Crippen LogP contribution >= 0.6 is 0 Å². The zero-order chi connectivity index (χ0) is 5.82. The van der Waals surface area contributed by atoms with Crippen LogP contribution in [0.2, 0.25) is 8.94 Å². The average Bonchev–Trinajstić information content (AvgIpc) is 1.90. The Morgan fingerprint density at radius 1 is 1.62 bits per heavy atom. The van der Waals surface area contributed by atoms with Crippen molar-refractivity contribution in [3.63, 3.8) is 0 Å². The first-order chi connectivity index (χ1) is 3.93. The summed E-state index contributed by atoms with van der Waals surface area (Å²) in [5, 5.41) is 0. The van der Waals surface area contributed by atoms with E-state index < -0.39 is 0 Å². The van der Waals surface area contributed by atoms with Crippen LogP contribution in [0.25, 0.3) is 0 Å². The Balaban J connectivity index is 2.32. The van der Waals surface area contributed by atoms with Crippen molar-refractivity contribution in [1.29, 1.82) is 0 Å². The van der Waals surface area contributed by atoms with Gasteiger partial charge in [-0.1, -0.05) is 0 Å². The summed E-state index contributed by atoms with van der Waals surface area (Å²) in [5.74, 6) is 0. The van der Waals surface area contributed by atoms with E-state index in [1.807, 2.05) is 0 Å². The van der Waals surface area contributed by atoms with E-state index >= 15 is 0 Å². The number of hydrogen-bond acceptors (Lipinski definition) is 0. The summed E-state index contributed by atoms with van der Waals surface area (Å²) in [4.78, 5) is 2.39. The molecule has 1 atom stereocenters. The third-order valence-electron chi connectivity index (χ3n) is 1.51. The molecule has 1 rings (SSSR count). The van der Waals surface area contributed by atoms with Gasteiger partial charge in [-0.15, -0.1) is 0 Å². The predicted molar refractivity (Wildman–Crippen MR) is 38.4 cm³/mol. The molecule has 1 aliphatic carbocycles. The van der Waals surface area contributed by atoms with Gasteiger partial charge in [0.2, 0.25) is 0 Å². The van der Waals surface area contributed by atoms with Gasteiger partial charge in [-0.25, -0.2) is 0 Å². The minimum atomic E-state index is 0.349. The zero-order valence-electron chi connectivity index (χ0n) is 5.26. The molecule has 1 unspecified atom stereocenters. The van der Waals surface area contributed by atoms with Gasteiger partial charge in [0, 0.05) is 0 Å². The van der Waals surface area contributed by atoms with Crippen molar-refractivity contribution in [1.82, 2.24) is 0 Å². The summed E-state index contributed by atoms with van der Waals surface area (Å²) in [6.45, 7) is 0. The van der Waals surface area contributed by atoms with Crippen molar-refractivity contribution in [3.05, 3.63) is 12.2 Å². The van der Waals surface area contributed by atoms with Crippen LogP contribution in [0.15, 0.2) is 12.2 Å². The van der Waals surface area contributed by atoms with Crippen LogP contribution in [0, 0.1) is 0 Å². The van der Waals surface area contributed by atoms with Crippen LogP contribution in [0.3, 0.4) is 0 Å². The first-order valence-electron chi connectivity index (χ1n) is 3.13. The number of allylic oxidation sites excluding steroid dienone is 2. The maximum absolute atomic E-state index is 2.42. The van der Waals surface area contributed by atoms with Gasteiger partial charge in [0.15, 0.2) is 0 Å². The van der Waals surface area contributed by atoms with E-state index in [4.69, 9.17) is 0 Å². The van der Waals surface area contributed by atoms with Gasteiger partial charge in [-0.2, -0.15) is 0 Å². The monoisotopic (exact) mass is 226 g/mol. The summed E-state index contributed by atoms with van der Waals surface area (Å²) in [5.41, 5.74) is 0. The fourth-order valence-corrected chi connectivity index (χ4v) is 2.89. The summed E-state index contributed by atoms with van der Waals surface area (Å²) in [7, 11) is 0. The van der Waals surface area contributed by atoms with Crippen molar-refractivity contribution in [3.8, 4) is 0 Å². The molecule has 0 aromatic carbocycles. The molecule has 0 bridgehead atoms. The Morgan fingerprint density at radius 3 is 2.88 bits per heavy atom. The zero-order valence-corrected chi connectivity index (χ0v) is 7.59. The van der Waals surface area contributed by atoms with Crippen LogP contribution in [0.5, 0.6) is 0 Å². The molecule has 0 saturated heterocycles. The van der Waals surface area contributed by atoms with Crippen LogP contribution < -0.4 is 0 Å². The van der Waals surface area contributed by atoms with Crippen molar-refractivity contribution >= 4 is 20.9 Å². The van der Waals surface area contributed by atoms with Crippen LogP contribution in [-0.2, 0) is 0 Å². The maximum atomic E-state index is 2.42. The molecule has 0 nitrogen and oxygen atoms in total. The molecule has 0 N–H and O–H groups in total. The fraction of sp³-hybridized carbons (Fsp3) is 0.714. The Bertz CT molecular complexity index is 86.4. The third kappa shape index (κ3) is 1.80. The molecule has 0 heterocycles. The number of rotatable bonds is 1. The molecular weight excluding hydrogens is 212 g/mol. The van der Waals surface area contributed by atoms with Gasteiger partial charge in [-0.3, -0.25) is 0 Å². The van der Waals surface area contributed by atoms with Crippen molar-refractivity contribution < 1.29 is 0 Å². The average molecular weight is 224 g/mol. The molecule has 0 fully saturated rings. The normalized spacial score (nSPS) is 28.4. The molecule has 0 aromatic heterocycles. The van der Waals surface area contributed by atoms with E-state index in [2.05, 4.69) is 17.1 Å². The van der Waals surface area contributed by atoms with E-state index in [0.29, 0.717) is 20.9 Å². The van der Waals surface area contributed by atoms with Gasteiger partial charge in [0.1, 0.15) is 0 Å². The molecule has 0 amide bonds. The Kier molecular flexibility index (Phi) is 2.94. The van der Waals surface area contributed by atoms with E-state index in [9.17, 15) is 0 Å². The standard InChI is InChI=1S/C7H12Te/c1-8-7-5-3-2-4-6-7/h3,5,7H,2,4,6H2,1H3. The molecule has 1 aliphatic rings. The molecule has 0 saturated carbocycles. The molecule has 8 heavy (non-hydrogen) atoms. The quantitative estimate of drug-likeness (QED) is 0.473. The Morgan fingerprint density at radius 2 is 2.50 bits per heavy atom. The van der Waals surface area contributed by atoms with Gasteiger partial charge >= 0.3 is 61.3 Å². The molecule has 0 radical (unpaired) electrons. The topological polar surface area (TPSA) is 0 Å². The van der Waals surface area contributed by atoms with Crippen molar-refractivity contribution in [2.75, 3.05) is 0 Å². The van der Waals surface area contributed by atoms with E-state index in [1.165, 1.54) is 19.3 Å². The summed E-state index contributed by atoms with van der Waals surface area (Å²) in [6.07, 6.45) is 9.03. The van der Waals surface area contributed by atoms with Gasteiger partial charge in [0.05, 0.1) is 0 Å². The van der Waals surface area contributed by atoms with Crippen LogP contribution in [0.4, 0.5) is 0 Å². The minimum absolute atomic E-state index is 0.349. The predicted octanol–water partition coefficient (Wildman–Crippen LogP) is 2.27. The van der Waals surface area contributed by atoms with Gasteiger partial charge in [-0.05, 0) is 0 Å². The van der Waals surface area contributed by atoms with E-state index in [-0.39, 0.29) is 0 Å². The second kappa shape index (κ2) is 3.54. The van der Waals surface area contributed by atoms with Crippen molar-refractivity contribution in [2.24, 2.45) is 0 Å². The van der Waals surface area contributed by atoms with Crippen LogP contribution in [-0.4, -0.2) is 20.9 Å². The molecule has 0 aromatic rings. The SMILES string of the molecule is C[Te]C1C=CCCC1. The second-order valence-corrected chi connectivity index (χ2v) is 5.21. The van der Waals surface area contributed by atoms with Gasteiger partial charge in [0.25, 0.3) is 0 Å². The first-order valence-corrected chi connectivity index (χ1v) is 6.80. The van der Waals surface area contributed by atoms with Crippen molar-refractivity contribution in [2.45, 2.75) is 28.2 Å². The summed E-state index contributed by atoms with van der Waals surface area (Å²) < 4.78 is 1.04. The second-order valence-electron chi connectivity index (χ2n) is 2.13. The molecule has 0 aliphatic heterocycles. The first kappa shape index (κ1) is 6.65. The van der Waals surface area contributed by atoms with Gasteiger partial charge < -0.3 is 0 Å². The molecule has 0 spiro atoms. The van der Waals surface area contributed by atoms with E-state index in [1.54, 1.807) is 0 Å². The fourth-order valence-electron chi connectivity index (χ4n) is 0.978.